The van der Waals surface area contributed by atoms with Crippen molar-refractivity contribution in [3.63, 3.8) is 0 Å². The lowest BCUT2D eigenvalue weighted by Gasteiger charge is -2.20. The quantitative estimate of drug-likeness (QED) is 0.726. The van der Waals surface area contributed by atoms with Gasteiger partial charge >= 0.3 is 0 Å². The number of benzene rings is 1. The molecule has 2 nitrogen and oxygen atoms in total. The molecule has 0 atom stereocenters. The molecular formula is C14H17NO. The zero-order valence-electron chi connectivity index (χ0n) is 10.2. The highest BCUT2D eigenvalue weighted by Gasteiger charge is 2.20. The van der Waals surface area contributed by atoms with E-state index in [2.05, 4.69) is 31.8 Å². The molecule has 0 saturated carbocycles. The lowest BCUT2D eigenvalue weighted by atomic mass is 9.88. The number of aromatic nitrogens is 1. The third-order valence-electron chi connectivity index (χ3n) is 2.68. The summed E-state index contributed by atoms with van der Waals surface area (Å²) in [6.45, 7) is 6.50. The number of hydrogen-bond acceptors (Lipinski definition) is 2. The van der Waals surface area contributed by atoms with Gasteiger partial charge in [0.15, 0.2) is 0 Å². The third-order valence-corrected chi connectivity index (χ3v) is 2.68. The van der Waals surface area contributed by atoms with Gasteiger partial charge in [0.1, 0.15) is 5.75 Å². The standard InChI is InChI=1S/C14H17NO/c1-14(2,3)13-12-10(8-9-15-13)6-5-7-11(12)16-4/h5-9H,1-4H3. The maximum absolute atomic E-state index is 5.42. The highest BCUT2D eigenvalue weighted by Crippen LogP contribution is 2.33. The SMILES string of the molecule is COc1cccc2ccnc(C(C)(C)C)c12. The molecule has 1 heterocycles. The van der Waals surface area contributed by atoms with Gasteiger partial charge in [-0.15, -0.1) is 0 Å². The van der Waals surface area contributed by atoms with Gasteiger partial charge in [0.05, 0.1) is 12.8 Å². The van der Waals surface area contributed by atoms with Crippen LogP contribution >= 0.6 is 0 Å². The van der Waals surface area contributed by atoms with E-state index < -0.39 is 0 Å². The molecule has 0 aliphatic rings. The van der Waals surface area contributed by atoms with Gasteiger partial charge in [-0.2, -0.15) is 0 Å². The summed E-state index contributed by atoms with van der Waals surface area (Å²) in [5, 5.41) is 2.30. The first-order chi connectivity index (χ1) is 7.54. The summed E-state index contributed by atoms with van der Waals surface area (Å²) < 4.78 is 5.42. The van der Waals surface area contributed by atoms with Crippen LogP contribution in [0.15, 0.2) is 30.5 Å². The number of pyridine rings is 1. The summed E-state index contributed by atoms with van der Waals surface area (Å²) in [5.74, 6) is 0.899. The molecule has 0 N–H and O–H groups in total. The van der Waals surface area contributed by atoms with Gasteiger partial charge in [-0.25, -0.2) is 0 Å². The molecular weight excluding hydrogens is 198 g/mol. The van der Waals surface area contributed by atoms with Crippen molar-refractivity contribution < 1.29 is 4.74 Å². The summed E-state index contributed by atoms with van der Waals surface area (Å²) in [4.78, 5) is 4.51. The van der Waals surface area contributed by atoms with Gasteiger partial charge in [-0.3, -0.25) is 4.98 Å². The van der Waals surface area contributed by atoms with Crippen molar-refractivity contribution in [3.05, 3.63) is 36.2 Å². The van der Waals surface area contributed by atoms with Crippen molar-refractivity contribution in [2.24, 2.45) is 0 Å². The van der Waals surface area contributed by atoms with E-state index in [-0.39, 0.29) is 5.41 Å². The molecule has 0 aliphatic carbocycles. The first kappa shape index (κ1) is 10.9. The van der Waals surface area contributed by atoms with Gasteiger partial charge < -0.3 is 4.74 Å². The fourth-order valence-corrected chi connectivity index (χ4v) is 1.94. The number of nitrogens with zero attached hydrogens (tertiary/aromatic N) is 1. The van der Waals surface area contributed by atoms with E-state index >= 15 is 0 Å². The molecule has 0 radical (unpaired) electrons. The van der Waals surface area contributed by atoms with Crippen molar-refractivity contribution in [3.8, 4) is 5.75 Å². The Bertz CT molecular complexity index is 506. The average molecular weight is 215 g/mol. The van der Waals surface area contributed by atoms with Crippen LogP contribution in [0.5, 0.6) is 5.75 Å². The number of fused-ring (bicyclic) bond motifs is 1. The molecule has 2 rings (SSSR count). The Balaban J connectivity index is 2.84. The van der Waals surface area contributed by atoms with Crippen LogP contribution in [0.4, 0.5) is 0 Å². The molecule has 2 aromatic rings. The predicted molar refractivity (Wildman–Crippen MR) is 67.0 cm³/mol. The van der Waals surface area contributed by atoms with Gasteiger partial charge in [-0.1, -0.05) is 32.9 Å². The maximum atomic E-state index is 5.42. The summed E-state index contributed by atoms with van der Waals surface area (Å²) in [5.41, 5.74) is 1.11. The highest BCUT2D eigenvalue weighted by molar-refractivity contribution is 5.90. The van der Waals surface area contributed by atoms with Crippen LogP contribution in [-0.4, -0.2) is 12.1 Å². The van der Waals surface area contributed by atoms with Crippen LogP contribution in [0.1, 0.15) is 26.5 Å². The molecule has 0 aliphatic heterocycles. The smallest absolute Gasteiger partial charge is 0.128 e. The number of ether oxygens (including phenoxy) is 1. The Labute approximate surface area is 96.3 Å². The van der Waals surface area contributed by atoms with Crippen molar-refractivity contribution in [2.75, 3.05) is 7.11 Å². The molecule has 0 saturated heterocycles. The zero-order valence-corrected chi connectivity index (χ0v) is 10.2. The monoisotopic (exact) mass is 215 g/mol. The van der Waals surface area contributed by atoms with Crippen LogP contribution in [0.3, 0.4) is 0 Å². The minimum Gasteiger partial charge on any atom is -0.496 e. The number of hydrogen-bond donors (Lipinski definition) is 0. The van der Waals surface area contributed by atoms with Gasteiger partial charge in [0.2, 0.25) is 0 Å². The van der Waals surface area contributed by atoms with Crippen molar-refractivity contribution in [2.45, 2.75) is 26.2 Å². The maximum Gasteiger partial charge on any atom is 0.128 e. The Hall–Kier alpha value is -1.57. The van der Waals surface area contributed by atoms with Crippen LogP contribution in [0.25, 0.3) is 10.8 Å². The number of methoxy groups -OCH3 is 1. The summed E-state index contributed by atoms with van der Waals surface area (Å²) in [6.07, 6.45) is 1.86. The first-order valence-corrected chi connectivity index (χ1v) is 5.46. The number of rotatable bonds is 1. The second kappa shape index (κ2) is 3.78. The molecule has 1 aromatic heterocycles. The minimum atomic E-state index is 0.0220. The predicted octanol–water partition coefficient (Wildman–Crippen LogP) is 3.54. The second-order valence-electron chi connectivity index (χ2n) is 4.97. The largest absolute Gasteiger partial charge is 0.496 e. The molecule has 2 heteroatoms. The van der Waals surface area contributed by atoms with E-state index in [1.165, 1.54) is 5.39 Å². The van der Waals surface area contributed by atoms with E-state index in [0.29, 0.717) is 0 Å². The van der Waals surface area contributed by atoms with Crippen LogP contribution in [0, 0.1) is 0 Å². The molecule has 0 amide bonds. The molecule has 0 fully saturated rings. The summed E-state index contributed by atoms with van der Waals surface area (Å²) in [6, 6.07) is 8.11. The minimum absolute atomic E-state index is 0.0220. The fourth-order valence-electron chi connectivity index (χ4n) is 1.94. The molecule has 1 aromatic carbocycles. The second-order valence-corrected chi connectivity index (χ2v) is 4.97. The Morgan fingerprint density at radius 1 is 1.12 bits per heavy atom. The first-order valence-electron chi connectivity index (χ1n) is 5.46. The molecule has 0 spiro atoms. The van der Waals surface area contributed by atoms with E-state index in [0.717, 1.165) is 16.8 Å². The Morgan fingerprint density at radius 3 is 2.50 bits per heavy atom. The van der Waals surface area contributed by atoms with E-state index in [9.17, 15) is 0 Å². The topological polar surface area (TPSA) is 22.1 Å². The normalized spacial score (nSPS) is 11.8. The van der Waals surface area contributed by atoms with Crippen LogP contribution in [0.2, 0.25) is 0 Å². The Morgan fingerprint density at radius 2 is 1.88 bits per heavy atom. The zero-order chi connectivity index (χ0) is 11.8. The third kappa shape index (κ3) is 1.75. The van der Waals surface area contributed by atoms with E-state index in [1.54, 1.807) is 7.11 Å². The molecule has 16 heavy (non-hydrogen) atoms. The van der Waals surface area contributed by atoms with Crippen LogP contribution in [-0.2, 0) is 5.41 Å². The summed E-state index contributed by atoms with van der Waals surface area (Å²) in [7, 11) is 1.70. The van der Waals surface area contributed by atoms with Gasteiger partial charge in [0, 0.05) is 17.0 Å². The van der Waals surface area contributed by atoms with E-state index in [4.69, 9.17) is 4.74 Å². The van der Waals surface area contributed by atoms with Crippen LogP contribution < -0.4 is 4.74 Å². The Kier molecular flexibility index (Phi) is 2.58. The highest BCUT2D eigenvalue weighted by atomic mass is 16.5. The molecule has 0 unspecified atom stereocenters. The molecule has 84 valence electrons. The average Bonchev–Trinajstić information content (AvgIpc) is 2.26. The molecule has 0 bridgehead atoms. The van der Waals surface area contributed by atoms with E-state index in [1.807, 2.05) is 24.4 Å². The fraction of sp³-hybridized carbons (Fsp3) is 0.357. The lowest BCUT2D eigenvalue weighted by Crippen LogP contribution is -2.14. The van der Waals surface area contributed by atoms with Crippen molar-refractivity contribution in [1.82, 2.24) is 4.98 Å². The summed E-state index contributed by atoms with van der Waals surface area (Å²) >= 11 is 0. The van der Waals surface area contributed by atoms with Gasteiger partial charge in [-0.05, 0) is 17.5 Å². The van der Waals surface area contributed by atoms with Crippen molar-refractivity contribution in [1.29, 1.82) is 0 Å². The lowest BCUT2D eigenvalue weighted by molar-refractivity contribution is 0.418. The van der Waals surface area contributed by atoms with Crippen molar-refractivity contribution >= 4 is 10.8 Å². The van der Waals surface area contributed by atoms with Gasteiger partial charge in [0.25, 0.3) is 0 Å².